The van der Waals surface area contributed by atoms with Gasteiger partial charge >= 0.3 is 0 Å². The van der Waals surface area contributed by atoms with Crippen molar-refractivity contribution in [3.05, 3.63) is 24.3 Å². The minimum Gasteiger partial charge on any atom is -0.396 e. The molecule has 3 heteroatoms. The molecular formula is C7H8Cl2O. The first-order chi connectivity index (χ1) is 4.67. The summed E-state index contributed by atoms with van der Waals surface area (Å²) in [4.78, 5) is 0. The summed E-state index contributed by atoms with van der Waals surface area (Å²) >= 11 is 11.6. The van der Waals surface area contributed by atoms with Gasteiger partial charge in [0.1, 0.15) is 4.33 Å². The van der Waals surface area contributed by atoms with Gasteiger partial charge in [0.05, 0.1) is 6.61 Å². The molecule has 1 rings (SSSR count). The quantitative estimate of drug-likeness (QED) is 0.609. The Morgan fingerprint density at radius 3 is 2.50 bits per heavy atom. The van der Waals surface area contributed by atoms with Crippen molar-refractivity contribution in [3.63, 3.8) is 0 Å². The highest BCUT2D eigenvalue weighted by atomic mass is 35.5. The third-order valence-electron chi connectivity index (χ3n) is 1.46. The van der Waals surface area contributed by atoms with Crippen molar-refractivity contribution >= 4 is 23.2 Å². The summed E-state index contributed by atoms with van der Waals surface area (Å²) in [5.41, 5.74) is 0. The summed E-state index contributed by atoms with van der Waals surface area (Å²) in [6.07, 6.45) is 7.05. The Morgan fingerprint density at radius 2 is 2.10 bits per heavy atom. The fourth-order valence-corrected chi connectivity index (χ4v) is 1.25. The Balaban J connectivity index is 2.74. The summed E-state index contributed by atoms with van der Waals surface area (Å²) in [7, 11) is 0. The van der Waals surface area contributed by atoms with Crippen LogP contribution in [0.2, 0.25) is 0 Å². The topological polar surface area (TPSA) is 20.2 Å². The van der Waals surface area contributed by atoms with Crippen LogP contribution in [0.1, 0.15) is 0 Å². The third kappa shape index (κ3) is 1.54. The number of hydrogen-bond acceptors (Lipinski definition) is 1. The summed E-state index contributed by atoms with van der Waals surface area (Å²) in [5, 5.41) is 8.77. The molecule has 0 amide bonds. The van der Waals surface area contributed by atoms with Crippen molar-refractivity contribution in [1.29, 1.82) is 0 Å². The number of aliphatic hydroxyl groups is 1. The van der Waals surface area contributed by atoms with Crippen molar-refractivity contribution in [2.75, 3.05) is 6.61 Å². The molecule has 1 aliphatic carbocycles. The first-order valence-electron chi connectivity index (χ1n) is 3.01. The molecule has 56 valence electrons. The van der Waals surface area contributed by atoms with E-state index in [1.807, 2.05) is 6.08 Å². The van der Waals surface area contributed by atoms with Gasteiger partial charge in [0.15, 0.2) is 0 Å². The van der Waals surface area contributed by atoms with Crippen LogP contribution >= 0.6 is 23.2 Å². The maximum atomic E-state index is 8.77. The number of aliphatic hydroxyl groups excluding tert-OH is 1. The molecule has 0 aliphatic heterocycles. The molecule has 0 spiro atoms. The Kier molecular flexibility index (Phi) is 2.40. The Morgan fingerprint density at radius 1 is 1.40 bits per heavy atom. The zero-order valence-corrected chi connectivity index (χ0v) is 6.81. The van der Waals surface area contributed by atoms with Crippen molar-refractivity contribution in [2.24, 2.45) is 5.92 Å². The first kappa shape index (κ1) is 8.12. The van der Waals surface area contributed by atoms with Crippen LogP contribution in [0, 0.1) is 5.92 Å². The second-order valence-electron chi connectivity index (χ2n) is 2.21. The lowest BCUT2D eigenvalue weighted by molar-refractivity contribution is 0.249. The molecule has 0 aromatic heterocycles. The summed E-state index contributed by atoms with van der Waals surface area (Å²) in [6.45, 7) is -0.0200. The van der Waals surface area contributed by atoms with E-state index in [4.69, 9.17) is 28.3 Å². The Hall–Kier alpha value is 0.0200. The maximum absolute atomic E-state index is 8.77. The molecule has 1 unspecified atom stereocenters. The van der Waals surface area contributed by atoms with E-state index in [1.54, 1.807) is 18.2 Å². The van der Waals surface area contributed by atoms with Crippen molar-refractivity contribution < 1.29 is 5.11 Å². The average molecular weight is 179 g/mol. The predicted molar refractivity (Wildman–Crippen MR) is 43.3 cm³/mol. The zero-order chi connectivity index (χ0) is 7.61. The molecule has 1 atom stereocenters. The van der Waals surface area contributed by atoms with Crippen LogP contribution in [0.4, 0.5) is 0 Å². The van der Waals surface area contributed by atoms with Gasteiger partial charge in [-0.3, -0.25) is 0 Å². The van der Waals surface area contributed by atoms with Gasteiger partial charge in [0.25, 0.3) is 0 Å². The fraction of sp³-hybridized carbons (Fsp3) is 0.429. The monoisotopic (exact) mass is 178 g/mol. The maximum Gasteiger partial charge on any atom is 0.145 e. The van der Waals surface area contributed by atoms with E-state index >= 15 is 0 Å². The van der Waals surface area contributed by atoms with Crippen LogP contribution in [0.5, 0.6) is 0 Å². The third-order valence-corrected chi connectivity index (χ3v) is 2.28. The van der Waals surface area contributed by atoms with E-state index in [0.717, 1.165) is 0 Å². The Labute approximate surface area is 69.9 Å². The van der Waals surface area contributed by atoms with Crippen molar-refractivity contribution in [1.82, 2.24) is 0 Å². The lowest BCUT2D eigenvalue weighted by atomic mass is 10.0. The summed E-state index contributed by atoms with van der Waals surface area (Å²) < 4.78 is -0.927. The molecule has 0 saturated carbocycles. The largest absolute Gasteiger partial charge is 0.396 e. The highest BCUT2D eigenvalue weighted by molar-refractivity contribution is 6.50. The van der Waals surface area contributed by atoms with Crippen LogP contribution in [0.15, 0.2) is 24.3 Å². The molecule has 1 aliphatic rings. The molecule has 0 aromatic rings. The fourth-order valence-electron chi connectivity index (χ4n) is 0.817. The number of alkyl halides is 2. The van der Waals surface area contributed by atoms with Gasteiger partial charge in [-0.1, -0.05) is 41.4 Å². The predicted octanol–water partition coefficient (Wildman–Crippen LogP) is 1.89. The number of allylic oxidation sites excluding steroid dienone is 3. The molecular weight excluding hydrogens is 171 g/mol. The highest BCUT2D eigenvalue weighted by Gasteiger charge is 2.30. The SMILES string of the molecule is OCC1C=CC=CC1(Cl)Cl. The van der Waals surface area contributed by atoms with Gasteiger partial charge in [0, 0.05) is 5.92 Å². The first-order valence-corrected chi connectivity index (χ1v) is 3.77. The summed E-state index contributed by atoms with van der Waals surface area (Å²) in [5.74, 6) is -0.180. The van der Waals surface area contributed by atoms with Gasteiger partial charge in [-0.2, -0.15) is 0 Å². The van der Waals surface area contributed by atoms with Gasteiger partial charge in [-0.15, -0.1) is 0 Å². The second-order valence-corrected chi connectivity index (χ2v) is 3.65. The van der Waals surface area contributed by atoms with E-state index < -0.39 is 4.33 Å². The van der Waals surface area contributed by atoms with E-state index in [0.29, 0.717) is 0 Å². The summed E-state index contributed by atoms with van der Waals surface area (Å²) in [6, 6.07) is 0. The molecule has 0 radical (unpaired) electrons. The molecule has 0 aromatic carbocycles. The van der Waals surface area contributed by atoms with Crippen LogP contribution in [0.3, 0.4) is 0 Å². The minimum absolute atomic E-state index is 0.0200. The number of rotatable bonds is 1. The van der Waals surface area contributed by atoms with E-state index in [2.05, 4.69) is 0 Å². The Bertz CT molecular complexity index is 172. The molecule has 0 heterocycles. The second kappa shape index (κ2) is 2.95. The standard InChI is InChI=1S/C7H8Cl2O/c8-7(9)4-2-1-3-6(7)5-10/h1-4,6,10H,5H2. The van der Waals surface area contributed by atoms with Crippen LogP contribution < -0.4 is 0 Å². The smallest absolute Gasteiger partial charge is 0.145 e. The van der Waals surface area contributed by atoms with Gasteiger partial charge in [-0.05, 0) is 6.08 Å². The molecule has 10 heavy (non-hydrogen) atoms. The number of hydrogen-bond donors (Lipinski definition) is 1. The van der Waals surface area contributed by atoms with E-state index in [-0.39, 0.29) is 12.5 Å². The van der Waals surface area contributed by atoms with Gasteiger partial charge < -0.3 is 5.11 Å². The van der Waals surface area contributed by atoms with Crippen LogP contribution in [0.25, 0.3) is 0 Å². The van der Waals surface area contributed by atoms with Gasteiger partial charge in [-0.25, -0.2) is 0 Å². The lowest BCUT2D eigenvalue weighted by Crippen LogP contribution is -2.26. The van der Waals surface area contributed by atoms with Crippen molar-refractivity contribution in [2.45, 2.75) is 4.33 Å². The molecule has 0 bridgehead atoms. The molecule has 1 nitrogen and oxygen atoms in total. The normalized spacial score (nSPS) is 28.9. The lowest BCUT2D eigenvalue weighted by Gasteiger charge is -2.24. The van der Waals surface area contributed by atoms with E-state index in [9.17, 15) is 0 Å². The van der Waals surface area contributed by atoms with Crippen LogP contribution in [-0.4, -0.2) is 16.0 Å². The van der Waals surface area contributed by atoms with Crippen LogP contribution in [-0.2, 0) is 0 Å². The molecule has 1 N–H and O–H groups in total. The zero-order valence-electron chi connectivity index (χ0n) is 5.30. The molecule has 0 saturated heterocycles. The average Bonchev–Trinajstić information content (AvgIpc) is 1.87. The highest BCUT2D eigenvalue weighted by Crippen LogP contribution is 2.34. The van der Waals surface area contributed by atoms with Gasteiger partial charge in [0.2, 0.25) is 0 Å². The van der Waals surface area contributed by atoms with Crippen molar-refractivity contribution in [3.8, 4) is 0 Å². The molecule has 0 fully saturated rings. The van der Waals surface area contributed by atoms with E-state index in [1.165, 1.54) is 0 Å². The minimum atomic E-state index is -0.927. The number of halogens is 2.